The standard InChI is InChI=1S/C17H18FN3O3S/c18-12-2-1-3-13(8-12)19-17(22)15-9-16(11-4-5-11)21(20-15)14-6-7-25(23,24)10-14/h1-3,8-9,11,14H,4-7,10H2,(H,19,22)/t14-/m1/s1. The molecule has 1 aliphatic heterocycles. The quantitative estimate of drug-likeness (QED) is 0.905. The van der Waals surface area contributed by atoms with Gasteiger partial charge in [0, 0.05) is 17.3 Å². The van der Waals surface area contributed by atoms with Crippen molar-refractivity contribution in [1.82, 2.24) is 9.78 Å². The average molecular weight is 363 g/mol. The number of halogens is 1. The van der Waals surface area contributed by atoms with E-state index in [1.54, 1.807) is 16.8 Å². The maximum atomic E-state index is 13.3. The molecule has 1 amide bonds. The molecule has 1 aliphatic carbocycles. The number of aromatic nitrogens is 2. The van der Waals surface area contributed by atoms with Crippen molar-refractivity contribution in [3.05, 3.63) is 47.5 Å². The van der Waals surface area contributed by atoms with Crippen molar-refractivity contribution in [2.75, 3.05) is 16.8 Å². The molecule has 0 radical (unpaired) electrons. The van der Waals surface area contributed by atoms with Gasteiger partial charge in [-0.15, -0.1) is 0 Å². The number of benzene rings is 1. The SMILES string of the molecule is O=C(Nc1cccc(F)c1)c1cc(C2CC2)n([C@@H]2CCS(=O)(=O)C2)n1. The van der Waals surface area contributed by atoms with Crippen LogP contribution in [0, 0.1) is 5.82 Å². The number of rotatable bonds is 4. The first kappa shape index (κ1) is 16.3. The highest BCUT2D eigenvalue weighted by atomic mass is 32.2. The summed E-state index contributed by atoms with van der Waals surface area (Å²) in [5.74, 6) is -0.289. The van der Waals surface area contributed by atoms with Gasteiger partial charge in [0.25, 0.3) is 5.91 Å². The summed E-state index contributed by atoms with van der Waals surface area (Å²) in [7, 11) is -3.03. The van der Waals surface area contributed by atoms with Crippen LogP contribution in [-0.4, -0.2) is 35.6 Å². The number of hydrogen-bond donors (Lipinski definition) is 1. The molecule has 1 N–H and O–H groups in total. The number of nitrogens with one attached hydrogen (secondary N) is 1. The Kier molecular flexibility index (Phi) is 3.87. The highest BCUT2D eigenvalue weighted by molar-refractivity contribution is 7.91. The summed E-state index contributed by atoms with van der Waals surface area (Å²) in [5.41, 5.74) is 1.51. The summed E-state index contributed by atoms with van der Waals surface area (Å²) in [6.45, 7) is 0. The minimum absolute atomic E-state index is 0.0688. The van der Waals surface area contributed by atoms with E-state index in [0.717, 1.165) is 18.5 Å². The van der Waals surface area contributed by atoms with Crippen LogP contribution in [0.3, 0.4) is 0 Å². The summed E-state index contributed by atoms with van der Waals surface area (Å²) < 4.78 is 38.5. The smallest absolute Gasteiger partial charge is 0.276 e. The van der Waals surface area contributed by atoms with Gasteiger partial charge in [0.1, 0.15) is 5.82 Å². The van der Waals surface area contributed by atoms with Crippen LogP contribution in [0.15, 0.2) is 30.3 Å². The van der Waals surface area contributed by atoms with Gasteiger partial charge in [-0.1, -0.05) is 6.07 Å². The van der Waals surface area contributed by atoms with E-state index >= 15 is 0 Å². The van der Waals surface area contributed by atoms with Crippen molar-refractivity contribution >= 4 is 21.4 Å². The molecule has 0 unspecified atom stereocenters. The van der Waals surface area contributed by atoms with Gasteiger partial charge in [0.05, 0.1) is 17.5 Å². The fraction of sp³-hybridized carbons (Fsp3) is 0.412. The second-order valence-corrected chi connectivity index (χ2v) is 8.92. The van der Waals surface area contributed by atoms with Crippen molar-refractivity contribution in [1.29, 1.82) is 0 Å². The van der Waals surface area contributed by atoms with Crippen molar-refractivity contribution in [2.24, 2.45) is 0 Å². The maximum absolute atomic E-state index is 13.3. The van der Waals surface area contributed by atoms with Crippen LogP contribution < -0.4 is 5.32 Å². The van der Waals surface area contributed by atoms with Gasteiger partial charge in [0.2, 0.25) is 0 Å². The molecule has 1 saturated heterocycles. The van der Waals surface area contributed by atoms with Crippen LogP contribution >= 0.6 is 0 Å². The van der Waals surface area contributed by atoms with Crippen molar-refractivity contribution in [3.63, 3.8) is 0 Å². The minimum atomic E-state index is -3.03. The first-order valence-electron chi connectivity index (χ1n) is 8.28. The average Bonchev–Trinajstić information content (AvgIpc) is 3.19. The predicted octanol–water partition coefficient (Wildman–Crippen LogP) is 2.51. The molecule has 0 spiro atoms. The van der Waals surface area contributed by atoms with E-state index in [4.69, 9.17) is 0 Å². The lowest BCUT2D eigenvalue weighted by atomic mass is 10.2. The molecule has 25 heavy (non-hydrogen) atoms. The van der Waals surface area contributed by atoms with Gasteiger partial charge in [-0.25, -0.2) is 12.8 Å². The van der Waals surface area contributed by atoms with Gasteiger partial charge in [-0.2, -0.15) is 5.10 Å². The topological polar surface area (TPSA) is 81.1 Å². The maximum Gasteiger partial charge on any atom is 0.276 e. The predicted molar refractivity (Wildman–Crippen MR) is 90.9 cm³/mol. The Labute approximate surface area is 145 Å². The monoisotopic (exact) mass is 363 g/mol. The van der Waals surface area contributed by atoms with E-state index in [1.807, 2.05) is 0 Å². The summed E-state index contributed by atoms with van der Waals surface area (Å²) >= 11 is 0. The normalized spacial score (nSPS) is 22.0. The van der Waals surface area contributed by atoms with E-state index < -0.39 is 21.6 Å². The molecule has 4 rings (SSSR count). The van der Waals surface area contributed by atoms with Gasteiger partial charge in [0.15, 0.2) is 15.5 Å². The third-order valence-corrected chi connectivity index (χ3v) is 6.38. The number of carbonyl (C=O) groups is 1. The summed E-state index contributed by atoms with van der Waals surface area (Å²) in [4.78, 5) is 12.4. The Morgan fingerprint density at radius 2 is 2.04 bits per heavy atom. The first-order valence-corrected chi connectivity index (χ1v) is 10.1. The van der Waals surface area contributed by atoms with Crippen LogP contribution in [-0.2, 0) is 9.84 Å². The second-order valence-electron chi connectivity index (χ2n) is 6.69. The fourth-order valence-electron chi connectivity index (χ4n) is 3.23. The van der Waals surface area contributed by atoms with Crippen molar-refractivity contribution in [2.45, 2.75) is 31.2 Å². The minimum Gasteiger partial charge on any atom is -0.320 e. The van der Waals surface area contributed by atoms with E-state index in [0.29, 0.717) is 18.0 Å². The van der Waals surface area contributed by atoms with Crippen LogP contribution in [0.5, 0.6) is 0 Å². The number of carbonyl (C=O) groups excluding carboxylic acids is 1. The number of anilines is 1. The number of amides is 1. The Bertz CT molecular complexity index is 934. The molecule has 2 heterocycles. The molecule has 8 heteroatoms. The third kappa shape index (κ3) is 3.44. The van der Waals surface area contributed by atoms with E-state index in [9.17, 15) is 17.6 Å². The lowest BCUT2D eigenvalue weighted by Crippen LogP contribution is -2.17. The van der Waals surface area contributed by atoms with Gasteiger partial charge in [-0.05, 0) is 43.5 Å². The Morgan fingerprint density at radius 1 is 1.24 bits per heavy atom. The van der Waals surface area contributed by atoms with Crippen LogP contribution in [0.4, 0.5) is 10.1 Å². The molecule has 1 aromatic carbocycles. The van der Waals surface area contributed by atoms with E-state index in [2.05, 4.69) is 10.4 Å². The van der Waals surface area contributed by atoms with Crippen LogP contribution in [0.2, 0.25) is 0 Å². The molecule has 2 aliphatic rings. The lowest BCUT2D eigenvalue weighted by Gasteiger charge is -2.12. The Morgan fingerprint density at radius 3 is 2.68 bits per heavy atom. The van der Waals surface area contributed by atoms with Crippen molar-refractivity contribution < 1.29 is 17.6 Å². The summed E-state index contributed by atoms with van der Waals surface area (Å²) in [5, 5.41) is 7.02. The molecule has 1 aromatic heterocycles. The van der Waals surface area contributed by atoms with Gasteiger partial charge < -0.3 is 5.32 Å². The van der Waals surface area contributed by atoms with Crippen LogP contribution in [0.25, 0.3) is 0 Å². The van der Waals surface area contributed by atoms with Gasteiger partial charge in [-0.3, -0.25) is 9.48 Å². The van der Waals surface area contributed by atoms with Gasteiger partial charge >= 0.3 is 0 Å². The number of hydrogen-bond acceptors (Lipinski definition) is 4. The highest BCUT2D eigenvalue weighted by Gasteiger charge is 2.36. The highest BCUT2D eigenvalue weighted by Crippen LogP contribution is 2.42. The molecular weight excluding hydrogens is 345 g/mol. The third-order valence-electron chi connectivity index (χ3n) is 4.63. The first-order chi connectivity index (χ1) is 11.9. The molecule has 0 bridgehead atoms. The van der Waals surface area contributed by atoms with E-state index in [-0.39, 0.29) is 23.2 Å². The molecule has 2 aromatic rings. The zero-order valence-corrected chi connectivity index (χ0v) is 14.3. The zero-order valence-electron chi connectivity index (χ0n) is 13.5. The van der Waals surface area contributed by atoms with Crippen molar-refractivity contribution in [3.8, 4) is 0 Å². The Hall–Kier alpha value is -2.22. The molecule has 1 atom stereocenters. The molecule has 2 fully saturated rings. The summed E-state index contributed by atoms with van der Waals surface area (Å²) in [6, 6.07) is 7.18. The van der Waals surface area contributed by atoms with Crippen LogP contribution in [0.1, 0.15) is 47.4 Å². The number of nitrogens with zero attached hydrogens (tertiary/aromatic N) is 2. The zero-order chi connectivity index (χ0) is 17.6. The molecule has 6 nitrogen and oxygen atoms in total. The summed E-state index contributed by atoms with van der Waals surface area (Å²) in [6.07, 6.45) is 2.57. The molecular formula is C17H18FN3O3S. The molecule has 1 saturated carbocycles. The Balaban J connectivity index is 1.60. The molecule has 132 valence electrons. The largest absolute Gasteiger partial charge is 0.320 e. The lowest BCUT2D eigenvalue weighted by molar-refractivity contribution is 0.102. The number of sulfone groups is 1. The van der Waals surface area contributed by atoms with E-state index in [1.165, 1.54) is 18.2 Å². The second kappa shape index (κ2) is 5.94. The fourth-order valence-corrected chi connectivity index (χ4v) is 4.92.